The van der Waals surface area contributed by atoms with Gasteiger partial charge in [-0.05, 0) is 42.2 Å². The van der Waals surface area contributed by atoms with Gasteiger partial charge in [0.05, 0.1) is 8.07 Å². The molecule has 0 aromatic heterocycles. The van der Waals surface area contributed by atoms with Crippen LogP contribution in [0.3, 0.4) is 0 Å². The van der Waals surface area contributed by atoms with Crippen LogP contribution in [-0.2, 0) is 6.42 Å². The van der Waals surface area contributed by atoms with Crippen LogP contribution in [0.2, 0.25) is 19.6 Å². The number of benzene rings is 2. The van der Waals surface area contributed by atoms with Crippen LogP contribution in [0.5, 0.6) is 0 Å². The van der Waals surface area contributed by atoms with E-state index in [0.29, 0.717) is 5.92 Å². The molecule has 2 aromatic rings. The van der Waals surface area contributed by atoms with Gasteiger partial charge in [-0.3, -0.25) is 0 Å². The lowest BCUT2D eigenvalue weighted by Gasteiger charge is -2.15. The summed E-state index contributed by atoms with van der Waals surface area (Å²) in [7, 11) is -1.21. The average molecular weight is 307 g/mol. The molecule has 0 unspecified atom stereocenters. The lowest BCUT2D eigenvalue weighted by atomic mass is 10.0. The van der Waals surface area contributed by atoms with Crippen LogP contribution in [-0.4, -0.2) is 8.07 Å². The molecule has 0 fully saturated rings. The van der Waals surface area contributed by atoms with Crippen LogP contribution in [0.4, 0.5) is 0 Å². The zero-order valence-electron chi connectivity index (χ0n) is 14.4. The van der Waals surface area contributed by atoms with Crippen molar-refractivity contribution in [2.75, 3.05) is 0 Å². The molecule has 0 amide bonds. The van der Waals surface area contributed by atoms with Gasteiger partial charge in [0, 0.05) is 11.1 Å². The van der Waals surface area contributed by atoms with Crippen molar-refractivity contribution in [1.29, 1.82) is 0 Å². The minimum absolute atomic E-state index is 0.696. The van der Waals surface area contributed by atoms with Crippen molar-refractivity contribution in [3.8, 4) is 11.8 Å². The second-order valence-electron chi connectivity index (χ2n) is 7.37. The van der Waals surface area contributed by atoms with E-state index in [1.54, 1.807) is 0 Å². The molecule has 2 rings (SSSR count). The van der Waals surface area contributed by atoms with Crippen molar-refractivity contribution in [1.82, 2.24) is 0 Å². The average Bonchev–Trinajstić information content (AvgIpc) is 2.45. The first kappa shape index (κ1) is 16.6. The topological polar surface area (TPSA) is 0 Å². The van der Waals surface area contributed by atoms with Crippen LogP contribution in [0, 0.1) is 17.8 Å². The molecule has 0 saturated carbocycles. The molecule has 114 valence electrons. The highest BCUT2D eigenvalue weighted by Gasteiger charge is 2.15. The van der Waals surface area contributed by atoms with Crippen LogP contribution >= 0.6 is 0 Å². The third kappa shape index (κ3) is 4.89. The highest BCUT2D eigenvalue weighted by molar-refractivity contribution is 6.88. The van der Waals surface area contributed by atoms with E-state index in [9.17, 15) is 0 Å². The highest BCUT2D eigenvalue weighted by atomic mass is 28.3. The smallest absolute Gasteiger partial charge is 0.0656 e. The zero-order chi connectivity index (χ0) is 16.2. The van der Waals surface area contributed by atoms with Gasteiger partial charge >= 0.3 is 0 Å². The maximum absolute atomic E-state index is 3.27. The van der Waals surface area contributed by atoms with Crippen molar-refractivity contribution < 1.29 is 0 Å². The van der Waals surface area contributed by atoms with Gasteiger partial charge in [-0.25, -0.2) is 0 Å². The molecule has 0 atom stereocenters. The van der Waals surface area contributed by atoms with E-state index < -0.39 is 8.07 Å². The van der Waals surface area contributed by atoms with E-state index in [0.717, 1.165) is 17.5 Å². The molecule has 0 aliphatic carbocycles. The molecular formula is C21H26Si. The molecular weight excluding hydrogens is 280 g/mol. The highest BCUT2D eigenvalue weighted by Crippen LogP contribution is 2.09. The molecule has 0 aliphatic rings. The van der Waals surface area contributed by atoms with E-state index in [-0.39, 0.29) is 0 Å². The molecule has 0 radical (unpaired) electrons. The predicted octanol–water partition coefficient (Wildman–Crippen LogP) is 4.83. The standard InChI is InChI=1S/C21H26Si/c1-17(2)16-20-10-8-18(9-11-20)6-7-19-12-14-21(15-13-19)22(3,4)5/h8-15,17H,16H2,1-5H3. The minimum atomic E-state index is -1.21. The van der Waals surface area contributed by atoms with Gasteiger partial charge in [-0.15, -0.1) is 0 Å². The summed E-state index contributed by atoms with van der Waals surface area (Å²) in [6.45, 7) is 11.6. The van der Waals surface area contributed by atoms with Crippen LogP contribution in [0.15, 0.2) is 48.5 Å². The van der Waals surface area contributed by atoms with E-state index in [1.165, 1.54) is 10.8 Å². The molecule has 0 nitrogen and oxygen atoms in total. The first-order valence-corrected chi connectivity index (χ1v) is 11.6. The molecule has 2 aromatic carbocycles. The maximum Gasteiger partial charge on any atom is 0.0775 e. The fraction of sp³-hybridized carbons (Fsp3) is 0.333. The maximum atomic E-state index is 3.27. The van der Waals surface area contributed by atoms with E-state index in [1.807, 2.05) is 0 Å². The predicted molar refractivity (Wildman–Crippen MR) is 100 cm³/mol. The normalized spacial score (nSPS) is 11.2. The summed E-state index contributed by atoms with van der Waals surface area (Å²) in [6.07, 6.45) is 1.13. The Morgan fingerprint density at radius 1 is 0.773 bits per heavy atom. The summed E-state index contributed by atoms with van der Waals surface area (Å²) in [6, 6.07) is 17.4. The summed E-state index contributed by atoms with van der Waals surface area (Å²) in [5.41, 5.74) is 3.56. The summed E-state index contributed by atoms with van der Waals surface area (Å²) in [4.78, 5) is 0. The fourth-order valence-electron chi connectivity index (χ4n) is 2.39. The molecule has 0 heterocycles. The Hall–Kier alpha value is -1.78. The Morgan fingerprint density at radius 3 is 1.64 bits per heavy atom. The van der Waals surface area contributed by atoms with E-state index in [2.05, 4.69) is 93.9 Å². The first-order valence-electron chi connectivity index (χ1n) is 8.06. The third-order valence-corrected chi connectivity index (χ3v) is 5.77. The first-order chi connectivity index (χ1) is 10.3. The monoisotopic (exact) mass is 306 g/mol. The summed E-state index contributed by atoms with van der Waals surface area (Å²) >= 11 is 0. The Bertz CT molecular complexity index is 659. The third-order valence-electron chi connectivity index (χ3n) is 3.70. The van der Waals surface area contributed by atoms with Crippen LogP contribution < -0.4 is 5.19 Å². The van der Waals surface area contributed by atoms with Gasteiger partial charge in [-0.2, -0.15) is 0 Å². The Kier molecular flexibility index (Phi) is 5.27. The van der Waals surface area contributed by atoms with E-state index in [4.69, 9.17) is 0 Å². The van der Waals surface area contributed by atoms with Crippen molar-refractivity contribution in [3.05, 3.63) is 65.2 Å². The molecule has 0 aliphatic heterocycles. The second kappa shape index (κ2) is 6.98. The number of rotatable bonds is 3. The summed E-state index contributed by atoms with van der Waals surface area (Å²) < 4.78 is 0. The minimum Gasteiger partial charge on any atom is -0.0656 e. The van der Waals surface area contributed by atoms with Gasteiger partial charge < -0.3 is 0 Å². The molecule has 1 heteroatoms. The van der Waals surface area contributed by atoms with Gasteiger partial charge in [0.25, 0.3) is 0 Å². The SMILES string of the molecule is CC(C)Cc1ccc(C#Cc2ccc([Si](C)(C)C)cc2)cc1. The second-order valence-corrected chi connectivity index (χ2v) is 12.4. The summed E-state index contributed by atoms with van der Waals surface area (Å²) in [5.74, 6) is 7.22. The largest absolute Gasteiger partial charge is 0.0775 e. The lowest BCUT2D eigenvalue weighted by Crippen LogP contribution is -2.37. The van der Waals surface area contributed by atoms with Gasteiger partial charge in [0.2, 0.25) is 0 Å². The Balaban J connectivity index is 2.10. The van der Waals surface area contributed by atoms with Crippen molar-refractivity contribution in [2.24, 2.45) is 5.92 Å². The van der Waals surface area contributed by atoms with Crippen LogP contribution in [0.1, 0.15) is 30.5 Å². The lowest BCUT2D eigenvalue weighted by molar-refractivity contribution is 0.647. The zero-order valence-corrected chi connectivity index (χ0v) is 15.4. The Morgan fingerprint density at radius 2 is 1.23 bits per heavy atom. The molecule has 22 heavy (non-hydrogen) atoms. The van der Waals surface area contributed by atoms with Crippen molar-refractivity contribution in [2.45, 2.75) is 39.9 Å². The Labute approximate surface area is 136 Å². The van der Waals surface area contributed by atoms with E-state index >= 15 is 0 Å². The molecule has 0 bridgehead atoms. The molecule has 0 N–H and O–H groups in total. The molecule has 0 spiro atoms. The number of hydrogen-bond acceptors (Lipinski definition) is 0. The van der Waals surface area contributed by atoms with Crippen molar-refractivity contribution in [3.63, 3.8) is 0 Å². The summed E-state index contributed by atoms with van der Waals surface area (Å²) in [5, 5.41) is 1.48. The number of hydrogen-bond donors (Lipinski definition) is 0. The van der Waals surface area contributed by atoms with Gasteiger partial charge in [0.1, 0.15) is 0 Å². The van der Waals surface area contributed by atoms with Crippen LogP contribution in [0.25, 0.3) is 0 Å². The fourth-order valence-corrected chi connectivity index (χ4v) is 3.56. The quantitative estimate of drug-likeness (QED) is 0.563. The van der Waals surface area contributed by atoms with Gasteiger partial charge in [-0.1, -0.05) is 74.8 Å². The van der Waals surface area contributed by atoms with Crippen molar-refractivity contribution >= 4 is 13.3 Å². The van der Waals surface area contributed by atoms with Gasteiger partial charge in [0.15, 0.2) is 0 Å². The molecule has 0 saturated heterocycles.